The maximum absolute atomic E-state index is 5.86. The lowest BCUT2D eigenvalue weighted by Gasteiger charge is -2.43. The molecule has 2 heterocycles. The molecule has 0 spiro atoms. The van der Waals surface area contributed by atoms with Gasteiger partial charge in [0.2, 0.25) is 0 Å². The van der Waals surface area contributed by atoms with Crippen molar-refractivity contribution in [1.82, 2.24) is 24.8 Å². The molecule has 6 nitrogen and oxygen atoms in total. The monoisotopic (exact) mass is 360 g/mol. The second kappa shape index (κ2) is 8.26. The zero-order valence-electron chi connectivity index (χ0n) is 16.3. The standard InChI is InChI=1S/C20H36N6/c21-19-17-26(23-22-19)20(9-5-2-6-10-20)11-12-24-13-15-25(16-14-24)18-7-3-1-4-8-18/h17-18H,1-16,21H2. The van der Waals surface area contributed by atoms with Crippen LogP contribution in [-0.4, -0.2) is 63.6 Å². The van der Waals surface area contributed by atoms with E-state index < -0.39 is 0 Å². The summed E-state index contributed by atoms with van der Waals surface area (Å²) in [5, 5.41) is 8.43. The van der Waals surface area contributed by atoms with Gasteiger partial charge in [-0.05, 0) is 32.1 Å². The molecule has 0 amide bonds. The molecule has 2 N–H and O–H groups in total. The summed E-state index contributed by atoms with van der Waals surface area (Å²) in [4.78, 5) is 5.44. The van der Waals surface area contributed by atoms with Gasteiger partial charge in [-0.25, -0.2) is 4.68 Å². The van der Waals surface area contributed by atoms with Crippen LogP contribution in [0.15, 0.2) is 6.20 Å². The van der Waals surface area contributed by atoms with Crippen LogP contribution in [0, 0.1) is 0 Å². The van der Waals surface area contributed by atoms with Gasteiger partial charge in [0.15, 0.2) is 5.82 Å². The van der Waals surface area contributed by atoms with Crippen LogP contribution < -0.4 is 5.73 Å². The highest BCUT2D eigenvalue weighted by Gasteiger charge is 2.36. The highest BCUT2D eigenvalue weighted by Crippen LogP contribution is 2.37. The minimum atomic E-state index is 0.142. The van der Waals surface area contributed by atoms with Crippen molar-refractivity contribution >= 4 is 5.82 Å². The van der Waals surface area contributed by atoms with E-state index in [4.69, 9.17) is 5.73 Å². The van der Waals surface area contributed by atoms with Crippen molar-refractivity contribution in [2.45, 2.75) is 82.2 Å². The second-order valence-corrected chi connectivity index (χ2v) is 8.79. The summed E-state index contributed by atoms with van der Waals surface area (Å²) in [6.45, 7) is 6.15. The first kappa shape index (κ1) is 18.2. The van der Waals surface area contributed by atoms with E-state index in [1.54, 1.807) is 0 Å². The molecule has 26 heavy (non-hydrogen) atoms. The molecule has 3 fully saturated rings. The minimum Gasteiger partial charge on any atom is -0.381 e. The normalized spacial score (nSPS) is 26.2. The zero-order chi connectivity index (χ0) is 17.8. The first-order valence-corrected chi connectivity index (χ1v) is 10.9. The van der Waals surface area contributed by atoms with Gasteiger partial charge in [-0.15, -0.1) is 5.10 Å². The fourth-order valence-corrected chi connectivity index (χ4v) is 5.48. The molecule has 4 rings (SSSR count). The maximum atomic E-state index is 5.86. The predicted octanol–water partition coefficient (Wildman–Crippen LogP) is 2.86. The summed E-state index contributed by atoms with van der Waals surface area (Å²) >= 11 is 0. The van der Waals surface area contributed by atoms with Crippen molar-refractivity contribution in [3.8, 4) is 0 Å². The molecule has 1 saturated heterocycles. The number of anilines is 1. The van der Waals surface area contributed by atoms with Crippen LogP contribution in [0.25, 0.3) is 0 Å². The van der Waals surface area contributed by atoms with E-state index in [0.717, 1.165) is 6.04 Å². The lowest BCUT2D eigenvalue weighted by atomic mass is 9.79. The third kappa shape index (κ3) is 4.06. The quantitative estimate of drug-likeness (QED) is 0.875. The van der Waals surface area contributed by atoms with Gasteiger partial charge in [-0.2, -0.15) is 0 Å². The van der Waals surface area contributed by atoms with Crippen molar-refractivity contribution < 1.29 is 0 Å². The molecule has 0 bridgehead atoms. The Balaban J connectivity index is 1.31. The Morgan fingerprint density at radius 1 is 0.962 bits per heavy atom. The number of rotatable bonds is 5. The van der Waals surface area contributed by atoms with Crippen LogP contribution in [0.2, 0.25) is 0 Å². The number of nitrogens with zero attached hydrogens (tertiary/aromatic N) is 5. The summed E-state index contributed by atoms with van der Waals surface area (Å²) in [7, 11) is 0. The van der Waals surface area contributed by atoms with Crippen molar-refractivity contribution in [1.29, 1.82) is 0 Å². The summed E-state index contributed by atoms with van der Waals surface area (Å²) in [6, 6.07) is 0.869. The van der Waals surface area contributed by atoms with Gasteiger partial charge in [0, 0.05) is 38.8 Å². The molecule has 6 heteroatoms. The Hall–Kier alpha value is -1.14. The highest BCUT2D eigenvalue weighted by atomic mass is 15.5. The van der Waals surface area contributed by atoms with Gasteiger partial charge >= 0.3 is 0 Å². The number of nitrogens with two attached hydrogens (primary N) is 1. The average Bonchev–Trinajstić information content (AvgIpc) is 3.15. The largest absolute Gasteiger partial charge is 0.381 e. The molecule has 0 unspecified atom stereocenters. The van der Waals surface area contributed by atoms with E-state index in [0.29, 0.717) is 5.82 Å². The van der Waals surface area contributed by atoms with Crippen LogP contribution in [-0.2, 0) is 5.54 Å². The van der Waals surface area contributed by atoms with E-state index in [1.807, 2.05) is 6.20 Å². The van der Waals surface area contributed by atoms with Gasteiger partial charge < -0.3 is 10.6 Å². The van der Waals surface area contributed by atoms with E-state index >= 15 is 0 Å². The Kier molecular flexibility index (Phi) is 5.79. The Bertz CT molecular complexity index is 550. The maximum Gasteiger partial charge on any atom is 0.165 e. The summed E-state index contributed by atoms with van der Waals surface area (Å²) in [5.41, 5.74) is 6.00. The third-order valence-electron chi connectivity index (χ3n) is 7.17. The lowest BCUT2D eigenvalue weighted by molar-refractivity contribution is 0.0633. The highest BCUT2D eigenvalue weighted by molar-refractivity contribution is 5.21. The van der Waals surface area contributed by atoms with Crippen LogP contribution in [0.5, 0.6) is 0 Å². The molecule has 0 aromatic carbocycles. The van der Waals surface area contributed by atoms with Gasteiger partial charge in [0.25, 0.3) is 0 Å². The number of nitrogen functional groups attached to an aromatic ring is 1. The smallest absolute Gasteiger partial charge is 0.165 e. The van der Waals surface area contributed by atoms with Crippen molar-refractivity contribution in [3.63, 3.8) is 0 Å². The fourth-order valence-electron chi connectivity index (χ4n) is 5.48. The SMILES string of the molecule is Nc1cn(C2(CCN3CCN(C4CCCCC4)CC3)CCCCC2)nn1. The molecule has 146 valence electrons. The van der Waals surface area contributed by atoms with E-state index in [1.165, 1.54) is 103 Å². The second-order valence-electron chi connectivity index (χ2n) is 8.79. The van der Waals surface area contributed by atoms with Gasteiger partial charge in [-0.1, -0.05) is 43.7 Å². The van der Waals surface area contributed by atoms with Crippen LogP contribution in [0.4, 0.5) is 5.82 Å². The topological polar surface area (TPSA) is 63.2 Å². The molecular formula is C20H36N6. The molecule has 2 aliphatic carbocycles. The molecule has 1 aliphatic heterocycles. The predicted molar refractivity (Wildman–Crippen MR) is 105 cm³/mol. The molecule has 0 radical (unpaired) electrons. The molecule has 1 aromatic rings. The van der Waals surface area contributed by atoms with Crippen LogP contribution in [0.3, 0.4) is 0 Å². The Morgan fingerprint density at radius 3 is 2.31 bits per heavy atom. The third-order valence-corrected chi connectivity index (χ3v) is 7.17. The molecule has 2 saturated carbocycles. The fraction of sp³-hybridized carbons (Fsp3) is 0.900. The van der Waals surface area contributed by atoms with Crippen molar-refractivity contribution in [2.24, 2.45) is 0 Å². The Labute approximate surface area is 158 Å². The van der Waals surface area contributed by atoms with Crippen LogP contribution >= 0.6 is 0 Å². The van der Waals surface area contributed by atoms with Crippen LogP contribution in [0.1, 0.15) is 70.6 Å². The number of hydrogen-bond acceptors (Lipinski definition) is 5. The molecule has 0 atom stereocenters. The minimum absolute atomic E-state index is 0.142. The van der Waals surface area contributed by atoms with E-state index in [-0.39, 0.29) is 5.54 Å². The summed E-state index contributed by atoms with van der Waals surface area (Å²) in [5.74, 6) is 0.552. The molecular weight excluding hydrogens is 324 g/mol. The average molecular weight is 361 g/mol. The number of piperazine rings is 1. The molecule has 3 aliphatic rings. The van der Waals surface area contributed by atoms with Gasteiger partial charge in [0.05, 0.1) is 11.7 Å². The van der Waals surface area contributed by atoms with E-state index in [2.05, 4.69) is 24.8 Å². The van der Waals surface area contributed by atoms with Crippen molar-refractivity contribution in [3.05, 3.63) is 6.20 Å². The molecule has 1 aromatic heterocycles. The van der Waals surface area contributed by atoms with Gasteiger partial charge in [0.1, 0.15) is 0 Å². The number of aromatic nitrogens is 3. The zero-order valence-corrected chi connectivity index (χ0v) is 16.3. The Morgan fingerprint density at radius 2 is 1.65 bits per heavy atom. The van der Waals surface area contributed by atoms with Crippen molar-refractivity contribution in [2.75, 3.05) is 38.5 Å². The first-order valence-electron chi connectivity index (χ1n) is 10.9. The summed E-state index contributed by atoms with van der Waals surface area (Å²) in [6.07, 6.45) is 16.7. The first-order chi connectivity index (χ1) is 12.8. The van der Waals surface area contributed by atoms with Gasteiger partial charge in [-0.3, -0.25) is 4.90 Å². The lowest BCUT2D eigenvalue weighted by Crippen LogP contribution is -2.51. The number of hydrogen-bond donors (Lipinski definition) is 1. The van der Waals surface area contributed by atoms with E-state index in [9.17, 15) is 0 Å². The summed E-state index contributed by atoms with van der Waals surface area (Å²) < 4.78 is 2.10.